The molecule has 4 rings (SSSR count). The number of cyclic esters (lactones) is 1. The number of carbonyl (C=O) groups is 2. The summed E-state index contributed by atoms with van der Waals surface area (Å²) in [5, 5.41) is 22.5. The molecule has 2 aromatic rings. The minimum atomic E-state index is -1.55. The second-order valence-corrected chi connectivity index (χ2v) is 6.14. The number of benzene rings is 2. The van der Waals surface area contributed by atoms with E-state index >= 15 is 0 Å². The van der Waals surface area contributed by atoms with Crippen LogP contribution in [0.2, 0.25) is 0 Å². The van der Waals surface area contributed by atoms with Crippen molar-refractivity contribution in [3.05, 3.63) is 68.3 Å². The van der Waals surface area contributed by atoms with E-state index in [-0.39, 0.29) is 18.7 Å². The van der Waals surface area contributed by atoms with E-state index in [2.05, 4.69) is 0 Å². The van der Waals surface area contributed by atoms with Crippen molar-refractivity contribution in [2.24, 2.45) is 0 Å². The summed E-state index contributed by atoms with van der Waals surface area (Å²) in [5.41, 5.74) is -2.04. The van der Waals surface area contributed by atoms with Crippen molar-refractivity contribution in [1.29, 1.82) is 0 Å². The van der Waals surface area contributed by atoms with Crippen molar-refractivity contribution < 1.29 is 24.2 Å². The van der Waals surface area contributed by atoms with Crippen molar-refractivity contribution >= 4 is 34.6 Å². The Labute approximate surface area is 151 Å². The van der Waals surface area contributed by atoms with Gasteiger partial charge >= 0.3 is 5.97 Å². The number of ether oxygens (including phenoxy) is 1. The fraction of sp³-hybridized carbons (Fsp3) is 0.176. The number of rotatable bonds is 3. The number of anilines is 2. The fourth-order valence-electron chi connectivity index (χ4n) is 3.61. The maximum atomic E-state index is 13.3. The predicted octanol–water partition coefficient (Wildman–Crippen LogP) is 2.37. The second-order valence-electron chi connectivity index (χ2n) is 6.14. The lowest BCUT2D eigenvalue weighted by Crippen LogP contribution is -2.42. The predicted molar refractivity (Wildman–Crippen MR) is 90.6 cm³/mol. The highest BCUT2D eigenvalue weighted by Crippen LogP contribution is 2.51. The van der Waals surface area contributed by atoms with Crippen LogP contribution in [0.25, 0.3) is 0 Å². The van der Waals surface area contributed by atoms with E-state index in [9.17, 15) is 29.8 Å². The van der Waals surface area contributed by atoms with Gasteiger partial charge in [-0.3, -0.25) is 34.7 Å². The first-order valence-electron chi connectivity index (χ1n) is 7.92. The molecule has 2 aliphatic rings. The van der Waals surface area contributed by atoms with Gasteiger partial charge in [-0.2, -0.15) is 0 Å². The van der Waals surface area contributed by atoms with Gasteiger partial charge in [-0.15, -0.1) is 0 Å². The second kappa shape index (κ2) is 5.59. The Balaban J connectivity index is 1.96. The van der Waals surface area contributed by atoms with Crippen LogP contribution in [0.15, 0.2) is 42.5 Å². The van der Waals surface area contributed by atoms with Crippen LogP contribution in [0, 0.1) is 20.2 Å². The Kier molecular flexibility index (Phi) is 3.45. The normalized spacial score (nSPS) is 20.7. The molecule has 1 atom stereocenters. The average molecular weight is 369 g/mol. The molecular weight excluding hydrogens is 358 g/mol. The van der Waals surface area contributed by atoms with Gasteiger partial charge in [0.25, 0.3) is 17.3 Å². The average Bonchev–Trinajstić information content (AvgIpc) is 3.15. The lowest BCUT2D eigenvalue weighted by atomic mass is 9.80. The van der Waals surface area contributed by atoms with Gasteiger partial charge in [0.05, 0.1) is 28.2 Å². The molecule has 1 fully saturated rings. The number of hydrogen-bond acceptors (Lipinski definition) is 7. The smallest absolute Gasteiger partial charge is 0.326 e. The highest BCUT2D eigenvalue weighted by molar-refractivity contribution is 6.24. The summed E-state index contributed by atoms with van der Waals surface area (Å²) >= 11 is 0. The Morgan fingerprint density at radius 1 is 1.00 bits per heavy atom. The topological polar surface area (TPSA) is 133 Å². The molecule has 2 heterocycles. The molecule has 27 heavy (non-hydrogen) atoms. The number of para-hydroxylation sites is 1. The summed E-state index contributed by atoms with van der Waals surface area (Å²) in [6.07, 6.45) is 0.124. The van der Waals surface area contributed by atoms with E-state index < -0.39 is 38.5 Å². The number of non-ortho nitro benzene ring substituents is 1. The zero-order valence-electron chi connectivity index (χ0n) is 13.7. The fourth-order valence-corrected chi connectivity index (χ4v) is 3.61. The summed E-state index contributed by atoms with van der Waals surface area (Å²) in [6.45, 7) is 0.0646. The summed E-state index contributed by atoms with van der Waals surface area (Å²) in [5.74, 6) is -1.37. The number of nitrogens with zero attached hydrogens (tertiary/aromatic N) is 3. The van der Waals surface area contributed by atoms with Crippen molar-refractivity contribution in [3.63, 3.8) is 0 Å². The maximum Gasteiger partial charge on any atom is 0.326 e. The Hall–Kier alpha value is -3.82. The van der Waals surface area contributed by atoms with Crippen molar-refractivity contribution in [2.45, 2.75) is 11.8 Å². The standard InChI is InChI=1S/C17H11N3O7/c21-15-17(7-8-27-16(17)22)11-3-1-2-4-12(11)18(15)13-6-5-10(19(23)24)9-14(13)20(25)26/h1-6,9H,7-8H2. The first-order chi connectivity index (χ1) is 12.9. The zero-order chi connectivity index (χ0) is 19.3. The number of fused-ring (bicyclic) bond motifs is 2. The molecule has 0 aromatic heterocycles. The van der Waals surface area contributed by atoms with Gasteiger partial charge in [-0.1, -0.05) is 18.2 Å². The van der Waals surface area contributed by atoms with Crippen LogP contribution in [-0.4, -0.2) is 28.3 Å². The number of esters is 1. The molecule has 0 saturated carbocycles. The third kappa shape index (κ3) is 2.13. The molecule has 1 saturated heterocycles. The largest absolute Gasteiger partial charge is 0.465 e. The molecule has 10 nitrogen and oxygen atoms in total. The maximum absolute atomic E-state index is 13.3. The monoisotopic (exact) mass is 369 g/mol. The number of amides is 1. The molecule has 0 bridgehead atoms. The lowest BCUT2D eigenvalue weighted by Gasteiger charge is -2.20. The first-order valence-corrected chi connectivity index (χ1v) is 7.92. The summed E-state index contributed by atoms with van der Waals surface area (Å²) in [4.78, 5) is 47.7. The van der Waals surface area contributed by atoms with Gasteiger partial charge in [0.15, 0.2) is 5.41 Å². The van der Waals surface area contributed by atoms with Crippen LogP contribution in [0.4, 0.5) is 22.7 Å². The minimum absolute atomic E-state index is 0.0646. The Morgan fingerprint density at radius 2 is 1.74 bits per heavy atom. The Morgan fingerprint density at radius 3 is 2.37 bits per heavy atom. The van der Waals surface area contributed by atoms with E-state index in [1.165, 1.54) is 0 Å². The molecule has 0 radical (unpaired) electrons. The highest BCUT2D eigenvalue weighted by atomic mass is 16.6. The summed E-state index contributed by atoms with van der Waals surface area (Å²) in [7, 11) is 0. The number of hydrogen-bond donors (Lipinski definition) is 0. The van der Waals surface area contributed by atoms with E-state index in [4.69, 9.17) is 4.74 Å². The molecule has 136 valence electrons. The molecule has 0 N–H and O–H groups in total. The molecular formula is C17H11N3O7. The van der Waals surface area contributed by atoms with Crippen molar-refractivity contribution in [2.75, 3.05) is 11.5 Å². The molecule has 2 aliphatic heterocycles. The van der Waals surface area contributed by atoms with Crippen molar-refractivity contribution in [1.82, 2.24) is 0 Å². The van der Waals surface area contributed by atoms with Gasteiger partial charge in [0.1, 0.15) is 5.69 Å². The minimum Gasteiger partial charge on any atom is -0.465 e. The van der Waals surface area contributed by atoms with Gasteiger partial charge in [0.2, 0.25) is 0 Å². The third-order valence-electron chi connectivity index (χ3n) is 4.84. The van der Waals surface area contributed by atoms with Crippen LogP contribution in [0.3, 0.4) is 0 Å². The number of nitro groups is 2. The van der Waals surface area contributed by atoms with E-state index in [1.54, 1.807) is 24.3 Å². The molecule has 0 aliphatic carbocycles. The molecule has 10 heteroatoms. The summed E-state index contributed by atoms with van der Waals surface area (Å²) < 4.78 is 5.02. The van der Waals surface area contributed by atoms with Gasteiger partial charge in [-0.25, -0.2) is 0 Å². The number of nitro benzene ring substituents is 2. The zero-order valence-corrected chi connectivity index (χ0v) is 13.7. The van der Waals surface area contributed by atoms with Crippen LogP contribution in [0.5, 0.6) is 0 Å². The van der Waals surface area contributed by atoms with Crippen LogP contribution in [0.1, 0.15) is 12.0 Å². The van der Waals surface area contributed by atoms with E-state index in [0.717, 1.165) is 23.1 Å². The van der Waals surface area contributed by atoms with Crippen LogP contribution < -0.4 is 4.90 Å². The van der Waals surface area contributed by atoms with Gasteiger partial charge < -0.3 is 4.74 Å². The van der Waals surface area contributed by atoms with E-state index in [0.29, 0.717) is 11.3 Å². The SMILES string of the molecule is O=C1OCCC12C(=O)N(c1ccc([N+](=O)[O-])cc1[N+](=O)[O-])c1ccccc12. The Bertz CT molecular complexity index is 1030. The van der Waals surface area contributed by atoms with Crippen LogP contribution >= 0.6 is 0 Å². The quantitative estimate of drug-likeness (QED) is 0.351. The molecule has 1 unspecified atom stereocenters. The molecule has 2 aromatic carbocycles. The lowest BCUT2D eigenvalue weighted by molar-refractivity contribution is -0.393. The first kappa shape index (κ1) is 16.6. The van der Waals surface area contributed by atoms with E-state index in [1.807, 2.05) is 0 Å². The third-order valence-corrected chi connectivity index (χ3v) is 4.84. The van der Waals surface area contributed by atoms with Gasteiger partial charge in [-0.05, 0) is 12.1 Å². The van der Waals surface area contributed by atoms with Crippen LogP contribution in [-0.2, 0) is 19.7 Å². The summed E-state index contributed by atoms with van der Waals surface area (Å²) in [6, 6.07) is 9.49. The number of carbonyl (C=O) groups excluding carboxylic acids is 2. The molecule has 1 amide bonds. The highest BCUT2D eigenvalue weighted by Gasteiger charge is 2.61. The van der Waals surface area contributed by atoms with Gasteiger partial charge in [0, 0.05) is 18.1 Å². The molecule has 1 spiro atoms. The van der Waals surface area contributed by atoms with Crippen molar-refractivity contribution in [3.8, 4) is 0 Å².